The third-order valence-electron chi connectivity index (χ3n) is 3.28. The molecule has 0 unspecified atom stereocenters. The van der Waals surface area contributed by atoms with Gasteiger partial charge in [-0.25, -0.2) is 14.4 Å². The van der Waals surface area contributed by atoms with Gasteiger partial charge in [-0.3, -0.25) is 4.68 Å². The highest BCUT2D eigenvalue weighted by molar-refractivity contribution is 5.53. The molecule has 0 atom stereocenters. The van der Waals surface area contributed by atoms with Crippen LogP contribution in [-0.2, 0) is 11.3 Å². The van der Waals surface area contributed by atoms with Crippen LogP contribution >= 0.6 is 0 Å². The number of hydrogen-bond acceptors (Lipinski definition) is 5. The highest BCUT2D eigenvalue weighted by atomic mass is 19.1. The molecule has 0 spiro atoms. The van der Waals surface area contributed by atoms with E-state index in [2.05, 4.69) is 15.1 Å². The van der Waals surface area contributed by atoms with Gasteiger partial charge in [0.1, 0.15) is 5.69 Å². The molecule has 1 fully saturated rings. The number of morpholine rings is 1. The number of rotatable bonds is 3. The predicted octanol–water partition coefficient (Wildman–Crippen LogP) is 1.34. The molecule has 0 amide bonds. The van der Waals surface area contributed by atoms with Gasteiger partial charge < -0.3 is 9.64 Å². The Balaban J connectivity index is 1.97. The second kappa shape index (κ2) is 5.54. The molecule has 0 N–H and O–H groups in total. The van der Waals surface area contributed by atoms with Crippen molar-refractivity contribution in [3.8, 4) is 11.5 Å². The molecule has 2 aromatic heterocycles. The van der Waals surface area contributed by atoms with Gasteiger partial charge in [-0.2, -0.15) is 5.10 Å². The van der Waals surface area contributed by atoms with Gasteiger partial charge in [0, 0.05) is 25.8 Å². The molecule has 0 bridgehead atoms. The van der Waals surface area contributed by atoms with Crippen LogP contribution in [0, 0.1) is 5.82 Å². The van der Waals surface area contributed by atoms with Crippen molar-refractivity contribution in [2.75, 3.05) is 31.2 Å². The summed E-state index contributed by atoms with van der Waals surface area (Å²) >= 11 is 0. The standard InChI is InChI=1S/C13H16FN5O/c1-2-19-11(3-4-16-19)12-15-9-10(14)13(17-12)18-5-7-20-8-6-18/h3-4,9H,2,5-8H2,1H3. The molecule has 1 aliphatic rings. The number of hydrogen-bond donors (Lipinski definition) is 0. The Kier molecular flexibility index (Phi) is 3.60. The van der Waals surface area contributed by atoms with Crippen molar-refractivity contribution in [1.82, 2.24) is 19.7 Å². The molecule has 20 heavy (non-hydrogen) atoms. The van der Waals surface area contributed by atoms with Crippen molar-refractivity contribution >= 4 is 5.82 Å². The highest BCUT2D eigenvalue weighted by Gasteiger charge is 2.19. The maximum absolute atomic E-state index is 13.9. The topological polar surface area (TPSA) is 56.1 Å². The minimum atomic E-state index is -0.404. The van der Waals surface area contributed by atoms with Crippen molar-refractivity contribution < 1.29 is 9.13 Å². The summed E-state index contributed by atoms with van der Waals surface area (Å²) in [6.45, 7) is 5.16. The predicted molar refractivity (Wildman–Crippen MR) is 71.9 cm³/mol. The summed E-state index contributed by atoms with van der Waals surface area (Å²) in [5.41, 5.74) is 0.794. The summed E-state index contributed by atoms with van der Waals surface area (Å²) in [7, 11) is 0. The Morgan fingerprint density at radius 1 is 1.35 bits per heavy atom. The second-order valence-corrected chi connectivity index (χ2v) is 4.50. The first kappa shape index (κ1) is 13.0. The van der Waals surface area contributed by atoms with Gasteiger partial charge in [0.25, 0.3) is 0 Å². The van der Waals surface area contributed by atoms with Crippen LogP contribution in [0.4, 0.5) is 10.2 Å². The maximum Gasteiger partial charge on any atom is 0.183 e. The van der Waals surface area contributed by atoms with Crippen LogP contribution in [0.3, 0.4) is 0 Å². The fourth-order valence-corrected chi connectivity index (χ4v) is 2.25. The molecule has 2 aromatic rings. The van der Waals surface area contributed by atoms with Crippen molar-refractivity contribution in [2.24, 2.45) is 0 Å². The zero-order valence-corrected chi connectivity index (χ0v) is 11.3. The molecule has 3 heterocycles. The lowest BCUT2D eigenvalue weighted by molar-refractivity contribution is 0.122. The summed E-state index contributed by atoms with van der Waals surface area (Å²) in [5.74, 6) is 0.424. The van der Waals surface area contributed by atoms with E-state index in [4.69, 9.17) is 4.74 Å². The van der Waals surface area contributed by atoms with Gasteiger partial charge in [0.2, 0.25) is 0 Å². The average molecular weight is 277 g/mol. The van der Waals surface area contributed by atoms with Gasteiger partial charge in [-0.05, 0) is 13.0 Å². The van der Waals surface area contributed by atoms with E-state index in [0.717, 1.165) is 12.2 Å². The molecule has 6 nitrogen and oxygen atoms in total. The molecular weight excluding hydrogens is 261 g/mol. The normalized spacial score (nSPS) is 15.6. The van der Waals surface area contributed by atoms with Crippen LogP contribution in [0.5, 0.6) is 0 Å². The second-order valence-electron chi connectivity index (χ2n) is 4.50. The number of aryl methyl sites for hydroxylation is 1. The Morgan fingerprint density at radius 2 is 2.15 bits per heavy atom. The smallest absolute Gasteiger partial charge is 0.183 e. The Hall–Kier alpha value is -2.02. The molecule has 0 aromatic carbocycles. The lowest BCUT2D eigenvalue weighted by atomic mass is 10.3. The van der Waals surface area contributed by atoms with E-state index in [1.54, 1.807) is 10.9 Å². The van der Waals surface area contributed by atoms with Gasteiger partial charge in [0.15, 0.2) is 17.5 Å². The minimum absolute atomic E-state index is 0.335. The number of nitrogens with zero attached hydrogens (tertiary/aromatic N) is 5. The van der Waals surface area contributed by atoms with Crippen LogP contribution < -0.4 is 4.90 Å². The summed E-state index contributed by atoms with van der Waals surface area (Å²) in [6, 6.07) is 1.83. The largest absolute Gasteiger partial charge is 0.378 e. The van der Waals surface area contributed by atoms with E-state index >= 15 is 0 Å². The molecule has 3 rings (SSSR count). The van der Waals surface area contributed by atoms with Crippen molar-refractivity contribution in [3.63, 3.8) is 0 Å². The van der Waals surface area contributed by atoms with Gasteiger partial charge in [-0.15, -0.1) is 0 Å². The lowest BCUT2D eigenvalue weighted by Crippen LogP contribution is -2.37. The molecule has 7 heteroatoms. The maximum atomic E-state index is 13.9. The van der Waals surface area contributed by atoms with Crippen LogP contribution in [0.25, 0.3) is 11.5 Å². The van der Waals surface area contributed by atoms with E-state index in [0.29, 0.717) is 37.9 Å². The monoisotopic (exact) mass is 277 g/mol. The zero-order chi connectivity index (χ0) is 13.9. The number of halogens is 1. The van der Waals surface area contributed by atoms with E-state index in [1.807, 2.05) is 17.9 Å². The quantitative estimate of drug-likeness (QED) is 0.847. The minimum Gasteiger partial charge on any atom is -0.378 e. The van der Waals surface area contributed by atoms with Crippen LogP contribution in [0.2, 0.25) is 0 Å². The molecule has 0 radical (unpaired) electrons. The molecule has 1 saturated heterocycles. The van der Waals surface area contributed by atoms with E-state index < -0.39 is 5.82 Å². The van der Waals surface area contributed by atoms with Gasteiger partial charge in [0.05, 0.1) is 19.4 Å². The third-order valence-corrected chi connectivity index (χ3v) is 3.28. The molecule has 0 saturated carbocycles. The first-order valence-corrected chi connectivity index (χ1v) is 6.67. The number of aromatic nitrogens is 4. The summed E-state index contributed by atoms with van der Waals surface area (Å²) in [6.07, 6.45) is 2.92. The Morgan fingerprint density at radius 3 is 2.90 bits per heavy atom. The Labute approximate surface area is 116 Å². The first-order valence-electron chi connectivity index (χ1n) is 6.67. The molecular formula is C13H16FN5O. The fourth-order valence-electron chi connectivity index (χ4n) is 2.25. The summed E-state index contributed by atoms with van der Waals surface area (Å²) < 4.78 is 21.0. The van der Waals surface area contributed by atoms with E-state index in [1.165, 1.54) is 6.20 Å². The molecule has 0 aliphatic carbocycles. The van der Waals surface area contributed by atoms with Crippen molar-refractivity contribution in [2.45, 2.75) is 13.5 Å². The average Bonchev–Trinajstić information content (AvgIpc) is 2.97. The van der Waals surface area contributed by atoms with E-state index in [9.17, 15) is 4.39 Å². The number of ether oxygens (including phenoxy) is 1. The molecule has 106 valence electrons. The highest BCUT2D eigenvalue weighted by Crippen LogP contribution is 2.21. The van der Waals surface area contributed by atoms with Gasteiger partial charge >= 0.3 is 0 Å². The Bertz CT molecular complexity index is 594. The van der Waals surface area contributed by atoms with Crippen molar-refractivity contribution in [3.05, 3.63) is 24.3 Å². The number of anilines is 1. The van der Waals surface area contributed by atoms with Crippen molar-refractivity contribution in [1.29, 1.82) is 0 Å². The fraction of sp³-hybridized carbons (Fsp3) is 0.462. The van der Waals surface area contributed by atoms with Crippen LogP contribution in [-0.4, -0.2) is 46.1 Å². The molecule has 1 aliphatic heterocycles. The zero-order valence-electron chi connectivity index (χ0n) is 11.3. The first-order chi connectivity index (χ1) is 9.79. The third kappa shape index (κ3) is 2.36. The SMILES string of the molecule is CCn1nccc1-c1ncc(F)c(N2CCOCC2)n1. The summed E-state index contributed by atoms with van der Waals surface area (Å²) in [5, 5.41) is 4.18. The van der Waals surface area contributed by atoms with Gasteiger partial charge in [-0.1, -0.05) is 0 Å². The van der Waals surface area contributed by atoms with Crippen LogP contribution in [0.15, 0.2) is 18.5 Å². The lowest BCUT2D eigenvalue weighted by Gasteiger charge is -2.28. The van der Waals surface area contributed by atoms with E-state index in [-0.39, 0.29) is 0 Å². The van der Waals surface area contributed by atoms with Crippen LogP contribution in [0.1, 0.15) is 6.92 Å². The summed E-state index contributed by atoms with van der Waals surface area (Å²) in [4.78, 5) is 10.3.